The van der Waals surface area contributed by atoms with Gasteiger partial charge in [0, 0.05) is 5.56 Å². The molecule has 2 aromatic rings. The zero-order valence-electron chi connectivity index (χ0n) is 13.2. The summed E-state index contributed by atoms with van der Waals surface area (Å²) in [7, 11) is 0. The summed E-state index contributed by atoms with van der Waals surface area (Å²) >= 11 is 0. The molecule has 3 rings (SSSR count). The molecule has 1 aliphatic rings. The van der Waals surface area contributed by atoms with Gasteiger partial charge in [-0.05, 0) is 73.2 Å². The minimum Gasteiger partial charge on any atom is -0.494 e. The Hall–Kier alpha value is -2.62. The fourth-order valence-electron chi connectivity index (χ4n) is 2.77. The molecule has 0 unspecified atom stereocenters. The van der Waals surface area contributed by atoms with Crippen LogP contribution in [0.25, 0.3) is 0 Å². The Labute approximate surface area is 136 Å². The van der Waals surface area contributed by atoms with E-state index >= 15 is 0 Å². The van der Waals surface area contributed by atoms with Gasteiger partial charge in [0.2, 0.25) is 0 Å². The second kappa shape index (κ2) is 7.09. The number of hydrazone groups is 1. The van der Waals surface area contributed by atoms with Crippen LogP contribution in [0.5, 0.6) is 5.75 Å². The second-order valence-electron chi connectivity index (χ2n) is 5.54. The fraction of sp³-hybridized carbons (Fsp3) is 0.263. The maximum absolute atomic E-state index is 12.0. The lowest BCUT2D eigenvalue weighted by Crippen LogP contribution is -2.17. The van der Waals surface area contributed by atoms with Crippen molar-refractivity contribution in [2.75, 3.05) is 6.61 Å². The molecule has 0 spiro atoms. The summed E-state index contributed by atoms with van der Waals surface area (Å²) < 4.78 is 5.35. The topological polar surface area (TPSA) is 50.7 Å². The molecule has 0 bridgehead atoms. The van der Waals surface area contributed by atoms with Crippen molar-refractivity contribution in [3.8, 4) is 5.75 Å². The molecule has 0 saturated carbocycles. The summed E-state index contributed by atoms with van der Waals surface area (Å²) in [5.41, 5.74) is 6.95. The number of nitrogens with one attached hydrogen (secondary N) is 1. The maximum atomic E-state index is 12.0. The molecule has 0 saturated heterocycles. The number of carbonyl (C=O) groups is 1. The van der Waals surface area contributed by atoms with Crippen molar-refractivity contribution in [1.82, 2.24) is 5.43 Å². The lowest BCUT2D eigenvalue weighted by atomic mass is 10.1. The highest BCUT2D eigenvalue weighted by atomic mass is 16.5. The van der Waals surface area contributed by atoms with Gasteiger partial charge in [0.05, 0.1) is 12.8 Å². The highest BCUT2D eigenvalue weighted by molar-refractivity contribution is 5.95. The molecule has 2 aromatic carbocycles. The standard InChI is InChI=1S/C19H20N2O2/c1-2-23-18-10-8-16(9-11-18)19(22)21-20-13-14-6-7-15-4-3-5-17(15)12-14/h6-13H,2-5H2,1H3,(H,21,22)/b20-13+. The third-order valence-corrected chi connectivity index (χ3v) is 3.93. The average Bonchev–Trinajstić information content (AvgIpc) is 3.03. The Bertz CT molecular complexity index is 721. The summed E-state index contributed by atoms with van der Waals surface area (Å²) in [6.07, 6.45) is 5.21. The second-order valence-corrected chi connectivity index (χ2v) is 5.54. The molecule has 4 nitrogen and oxygen atoms in total. The van der Waals surface area contributed by atoms with Gasteiger partial charge in [-0.2, -0.15) is 5.10 Å². The first-order valence-electron chi connectivity index (χ1n) is 7.94. The molecule has 0 aromatic heterocycles. The van der Waals surface area contributed by atoms with Crippen LogP contribution in [0.3, 0.4) is 0 Å². The molecule has 0 radical (unpaired) electrons. The molecule has 1 amide bonds. The van der Waals surface area contributed by atoms with Gasteiger partial charge in [0.15, 0.2) is 0 Å². The van der Waals surface area contributed by atoms with Crippen LogP contribution in [0, 0.1) is 0 Å². The van der Waals surface area contributed by atoms with Crippen LogP contribution in [-0.4, -0.2) is 18.7 Å². The third-order valence-electron chi connectivity index (χ3n) is 3.93. The highest BCUT2D eigenvalue weighted by Crippen LogP contribution is 2.22. The van der Waals surface area contributed by atoms with E-state index in [1.54, 1.807) is 30.5 Å². The number of benzene rings is 2. The number of aryl methyl sites for hydroxylation is 2. The van der Waals surface area contributed by atoms with Crippen LogP contribution in [-0.2, 0) is 12.8 Å². The summed E-state index contributed by atoms with van der Waals surface area (Å²) in [6.45, 7) is 2.53. The Morgan fingerprint density at radius 3 is 2.74 bits per heavy atom. The number of rotatable bonds is 5. The summed E-state index contributed by atoms with van der Waals surface area (Å²) in [5, 5.41) is 4.05. The first kappa shape index (κ1) is 15.3. The van der Waals surface area contributed by atoms with Crippen LogP contribution < -0.4 is 10.2 Å². The van der Waals surface area contributed by atoms with Gasteiger partial charge < -0.3 is 4.74 Å². The van der Waals surface area contributed by atoms with Crippen LogP contribution in [0.2, 0.25) is 0 Å². The largest absolute Gasteiger partial charge is 0.494 e. The minimum atomic E-state index is -0.231. The first-order chi connectivity index (χ1) is 11.3. The van der Waals surface area contributed by atoms with Crippen molar-refractivity contribution in [2.24, 2.45) is 5.10 Å². The molecule has 0 fully saturated rings. The zero-order chi connectivity index (χ0) is 16.1. The van der Waals surface area contributed by atoms with Gasteiger partial charge in [-0.1, -0.05) is 12.1 Å². The monoisotopic (exact) mass is 308 g/mol. The quantitative estimate of drug-likeness (QED) is 0.680. The predicted octanol–water partition coefficient (Wildman–Crippen LogP) is 3.34. The average molecular weight is 308 g/mol. The van der Waals surface area contributed by atoms with E-state index in [1.807, 2.05) is 13.0 Å². The molecule has 4 heteroatoms. The number of carbonyl (C=O) groups excluding carboxylic acids is 1. The Morgan fingerprint density at radius 1 is 1.17 bits per heavy atom. The lowest BCUT2D eigenvalue weighted by molar-refractivity contribution is 0.0955. The number of fused-ring (bicyclic) bond motifs is 1. The van der Waals surface area contributed by atoms with E-state index in [-0.39, 0.29) is 5.91 Å². The smallest absolute Gasteiger partial charge is 0.271 e. The van der Waals surface area contributed by atoms with Crippen LogP contribution in [0.15, 0.2) is 47.6 Å². The molecule has 0 aliphatic heterocycles. The molecule has 0 heterocycles. The van der Waals surface area contributed by atoms with E-state index in [4.69, 9.17) is 4.74 Å². The number of hydrogen-bond donors (Lipinski definition) is 1. The molecule has 1 aliphatic carbocycles. The first-order valence-corrected chi connectivity index (χ1v) is 7.94. The van der Waals surface area contributed by atoms with E-state index < -0.39 is 0 Å². The molecular weight excluding hydrogens is 288 g/mol. The Balaban J connectivity index is 1.59. The van der Waals surface area contributed by atoms with Gasteiger partial charge >= 0.3 is 0 Å². The predicted molar refractivity (Wildman–Crippen MR) is 91.1 cm³/mol. The van der Waals surface area contributed by atoms with Gasteiger partial charge in [-0.25, -0.2) is 5.43 Å². The lowest BCUT2D eigenvalue weighted by Gasteiger charge is -2.04. The number of ether oxygens (including phenoxy) is 1. The molecule has 23 heavy (non-hydrogen) atoms. The molecule has 0 atom stereocenters. The van der Waals surface area contributed by atoms with E-state index in [9.17, 15) is 4.79 Å². The van der Waals surface area contributed by atoms with E-state index in [1.165, 1.54) is 24.0 Å². The van der Waals surface area contributed by atoms with Gasteiger partial charge in [-0.15, -0.1) is 0 Å². The van der Waals surface area contributed by atoms with Crippen LogP contribution in [0.4, 0.5) is 0 Å². The summed E-state index contributed by atoms with van der Waals surface area (Å²) in [5.74, 6) is 0.524. The van der Waals surface area contributed by atoms with E-state index in [0.29, 0.717) is 12.2 Å². The van der Waals surface area contributed by atoms with Crippen LogP contribution >= 0.6 is 0 Å². The minimum absolute atomic E-state index is 0.231. The summed E-state index contributed by atoms with van der Waals surface area (Å²) in [4.78, 5) is 12.0. The number of hydrogen-bond acceptors (Lipinski definition) is 3. The van der Waals surface area contributed by atoms with Crippen molar-refractivity contribution < 1.29 is 9.53 Å². The maximum Gasteiger partial charge on any atom is 0.271 e. The Kier molecular flexibility index (Phi) is 4.71. The molecule has 1 N–H and O–H groups in total. The van der Waals surface area contributed by atoms with Gasteiger partial charge in [0.25, 0.3) is 5.91 Å². The normalized spacial score (nSPS) is 13.1. The van der Waals surface area contributed by atoms with Crippen molar-refractivity contribution in [2.45, 2.75) is 26.2 Å². The van der Waals surface area contributed by atoms with Crippen molar-refractivity contribution >= 4 is 12.1 Å². The van der Waals surface area contributed by atoms with E-state index in [0.717, 1.165) is 17.7 Å². The third kappa shape index (κ3) is 3.77. The number of amides is 1. The molecular formula is C19H20N2O2. The van der Waals surface area contributed by atoms with Crippen molar-refractivity contribution in [3.63, 3.8) is 0 Å². The van der Waals surface area contributed by atoms with Crippen LogP contribution in [0.1, 0.15) is 40.4 Å². The van der Waals surface area contributed by atoms with Gasteiger partial charge in [0.1, 0.15) is 5.75 Å². The van der Waals surface area contributed by atoms with Crippen molar-refractivity contribution in [3.05, 3.63) is 64.7 Å². The zero-order valence-corrected chi connectivity index (χ0v) is 13.2. The SMILES string of the molecule is CCOc1ccc(C(=O)N/N=C/c2ccc3c(c2)CCC3)cc1. The number of nitrogens with zero attached hydrogens (tertiary/aromatic N) is 1. The Morgan fingerprint density at radius 2 is 1.96 bits per heavy atom. The summed E-state index contributed by atoms with van der Waals surface area (Å²) in [6, 6.07) is 13.4. The van der Waals surface area contributed by atoms with Gasteiger partial charge in [-0.3, -0.25) is 4.79 Å². The van der Waals surface area contributed by atoms with Crippen molar-refractivity contribution in [1.29, 1.82) is 0 Å². The fourth-order valence-corrected chi connectivity index (χ4v) is 2.77. The van der Waals surface area contributed by atoms with E-state index in [2.05, 4.69) is 22.7 Å². The highest BCUT2D eigenvalue weighted by Gasteiger charge is 2.10. The molecule has 118 valence electrons.